The van der Waals surface area contributed by atoms with E-state index in [-0.39, 0.29) is 6.04 Å². The lowest BCUT2D eigenvalue weighted by Crippen LogP contribution is -2.18. The van der Waals surface area contributed by atoms with Crippen molar-refractivity contribution in [1.82, 2.24) is 9.97 Å². The van der Waals surface area contributed by atoms with E-state index >= 15 is 0 Å². The van der Waals surface area contributed by atoms with E-state index in [0.29, 0.717) is 0 Å². The first-order valence-electron chi connectivity index (χ1n) is 5.47. The van der Waals surface area contributed by atoms with Crippen LogP contribution in [0.25, 0.3) is 11.4 Å². The topological polar surface area (TPSA) is 51.8 Å². The smallest absolute Gasteiger partial charge is 0.159 e. The number of rotatable bonds is 3. The van der Waals surface area contributed by atoms with E-state index in [1.807, 2.05) is 43.6 Å². The first-order valence-corrected chi connectivity index (χ1v) is 6.27. The third-order valence-corrected chi connectivity index (χ3v) is 2.89. The summed E-state index contributed by atoms with van der Waals surface area (Å²) in [5.41, 5.74) is 7.81. The molecule has 88 valence electrons. The second-order valence-corrected chi connectivity index (χ2v) is 5.02. The van der Waals surface area contributed by atoms with Crippen molar-refractivity contribution in [2.75, 3.05) is 0 Å². The van der Waals surface area contributed by atoms with Crippen molar-refractivity contribution in [3.8, 4) is 11.4 Å². The Balaban J connectivity index is 2.20. The molecule has 2 aromatic rings. The zero-order chi connectivity index (χ0) is 12.3. The monoisotopic (exact) mass is 291 g/mol. The summed E-state index contributed by atoms with van der Waals surface area (Å²) in [4.78, 5) is 8.70. The zero-order valence-corrected chi connectivity index (χ0v) is 11.2. The van der Waals surface area contributed by atoms with Gasteiger partial charge >= 0.3 is 0 Å². The molecule has 17 heavy (non-hydrogen) atoms. The number of benzene rings is 1. The van der Waals surface area contributed by atoms with E-state index in [1.165, 1.54) is 0 Å². The van der Waals surface area contributed by atoms with Crippen LogP contribution in [-0.4, -0.2) is 16.0 Å². The van der Waals surface area contributed by atoms with Gasteiger partial charge in [-0.25, -0.2) is 9.97 Å². The van der Waals surface area contributed by atoms with Gasteiger partial charge in [0, 0.05) is 28.5 Å². The minimum Gasteiger partial charge on any atom is -0.328 e. The van der Waals surface area contributed by atoms with Gasteiger partial charge in [0.15, 0.2) is 5.82 Å². The molecule has 2 rings (SSSR count). The van der Waals surface area contributed by atoms with Gasteiger partial charge in [-0.15, -0.1) is 0 Å². The second-order valence-electron chi connectivity index (χ2n) is 4.10. The summed E-state index contributed by atoms with van der Waals surface area (Å²) in [5.74, 6) is 0.742. The summed E-state index contributed by atoms with van der Waals surface area (Å²) in [6.45, 7) is 1.97. The van der Waals surface area contributed by atoms with Gasteiger partial charge in [-0.3, -0.25) is 0 Å². The number of hydrogen-bond donors (Lipinski definition) is 1. The molecule has 0 saturated carbocycles. The molecule has 1 heterocycles. The average Bonchev–Trinajstić information content (AvgIpc) is 2.30. The van der Waals surface area contributed by atoms with E-state index in [2.05, 4.69) is 25.9 Å². The Morgan fingerprint density at radius 3 is 2.29 bits per heavy atom. The van der Waals surface area contributed by atoms with E-state index in [0.717, 1.165) is 27.8 Å². The average molecular weight is 292 g/mol. The van der Waals surface area contributed by atoms with Crippen LogP contribution in [0.15, 0.2) is 41.1 Å². The van der Waals surface area contributed by atoms with Crippen molar-refractivity contribution >= 4 is 15.9 Å². The van der Waals surface area contributed by atoms with Crippen molar-refractivity contribution in [3.63, 3.8) is 0 Å². The van der Waals surface area contributed by atoms with Crippen molar-refractivity contribution in [3.05, 3.63) is 46.7 Å². The first kappa shape index (κ1) is 12.2. The zero-order valence-electron chi connectivity index (χ0n) is 9.60. The van der Waals surface area contributed by atoms with Gasteiger partial charge in [0.05, 0.1) is 0 Å². The maximum Gasteiger partial charge on any atom is 0.159 e. The summed E-state index contributed by atoms with van der Waals surface area (Å²) >= 11 is 3.40. The van der Waals surface area contributed by atoms with Gasteiger partial charge < -0.3 is 5.73 Å². The molecular weight excluding hydrogens is 278 g/mol. The molecule has 0 spiro atoms. The number of nitrogens with zero attached hydrogens (tertiary/aromatic N) is 2. The van der Waals surface area contributed by atoms with Crippen LogP contribution in [0.2, 0.25) is 0 Å². The second kappa shape index (κ2) is 5.38. The van der Waals surface area contributed by atoms with Crippen LogP contribution in [-0.2, 0) is 6.42 Å². The van der Waals surface area contributed by atoms with Crippen LogP contribution >= 0.6 is 15.9 Å². The minimum atomic E-state index is 0.136. The predicted molar refractivity (Wildman–Crippen MR) is 72.5 cm³/mol. The Bertz CT molecular complexity index is 477. The quantitative estimate of drug-likeness (QED) is 0.946. The highest BCUT2D eigenvalue weighted by Gasteiger charge is 2.02. The Hall–Kier alpha value is -1.26. The van der Waals surface area contributed by atoms with Crippen LogP contribution in [0.3, 0.4) is 0 Å². The molecule has 4 heteroatoms. The third-order valence-electron chi connectivity index (χ3n) is 2.37. The number of hydrogen-bond acceptors (Lipinski definition) is 3. The number of halogens is 1. The van der Waals surface area contributed by atoms with Crippen LogP contribution < -0.4 is 5.73 Å². The normalized spacial score (nSPS) is 12.4. The minimum absolute atomic E-state index is 0.136. The van der Waals surface area contributed by atoms with Gasteiger partial charge in [-0.1, -0.05) is 28.1 Å². The van der Waals surface area contributed by atoms with E-state index < -0.39 is 0 Å². The Morgan fingerprint density at radius 2 is 1.76 bits per heavy atom. The molecule has 1 unspecified atom stereocenters. The van der Waals surface area contributed by atoms with Crippen LogP contribution in [0.4, 0.5) is 0 Å². The highest BCUT2D eigenvalue weighted by atomic mass is 79.9. The molecule has 3 nitrogen and oxygen atoms in total. The fourth-order valence-electron chi connectivity index (χ4n) is 1.58. The molecule has 0 amide bonds. The Labute approximate surface area is 109 Å². The molecule has 1 aromatic carbocycles. The van der Waals surface area contributed by atoms with Crippen molar-refractivity contribution in [2.45, 2.75) is 19.4 Å². The molecule has 0 aliphatic rings. The molecule has 0 radical (unpaired) electrons. The fraction of sp³-hybridized carbons (Fsp3) is 0.231. The van der Waals surface area contributed by atoms with Gasteiger partial charge in [0.2, 0.25) is 0 Å². The van der Waals surface area contributed by atoms with Crippen molar-refractivity contribution in [1.29, 1.82) is 0 Å². The third kappa shape index (κ3) is 3.35. The van der Waals surface area contributed by atoms with Crippen molar-refractivity contribution < 1.29 is 0 Å². The van der Waals surface area contributed by atoms with Gasteiger partial charge in [-0.2, -0.15) is 0 Å². The first-order chi connectivity index (χ1) is 8.15. The maximum atomic E-state index is 5.73. The van der Waals surface area contributed by atoms with E-state index in [1.54, 1.807) is 0 Å². The molecule has 0 saturated heterocycles. The van der Waals surface area contributed by atoms with Crippen molar-refractivity contribution in [2.24, 2.45) is 5.73 Å². The number of aromatic nitrogens is 2. The Kier molecular flexibility index (Phi) is 3.86. The van der Waals surface area contributed by atoms with Crippen LogP contribution in [0, 0.1) is 0 Å². The lowest BCUT2D eigenvalue weighted by atomic mass is 10.1. The fourth-order valence-corrected chi connectivity index (χ4v) is 1.84. The van der Waals surface area contributed by atoms with Crippen LogP contribution in [0.1, 0.15) is 12.5 Å². The maximum absolute atomic E-state index is 5.73. The summed E-state index contributed by atoms with van der Waals surface area (Å²) in [6.07, 6.45) is 4.49. The molecular formula is C13H14BrN3. The summed E-state index contributed by atoms with van der Waals surface area (Å²) in [5, 5.41) is 0. The molecule has 1 atom stereocenters. The molecule has 0 aliphatic carbocycles. The molecule has 0 fully saturated rings. The highest BCUT2D eigenvalue weighted by Crippen LogP contribution is 2.18. The summed E-state index contributed by atoms with van der Waals surface area (Å²) < 4.78 is 1.05. The van der Waals surface area contributed by atoms with Gasteiger partial charge in [-0.05, 0) is 31.0 Å². The highest BCUT2D eigenvalue weighted by molar-refractivity contribution is 9.10. The van der Waals surface area contributed by atoms with Gasteiger partial charge in [0.1, 0.15) is 0 Å². The summed E-state index contributed by atoms with van der Waals surface area (Å²) in [6, 6.07) is 8.08. The summed E-state index contributed by atoms with van der Waals surface area (Å²) in [7, 11) is 0. The molecule has 0 aliphatic heterocycles. The molecule has 0 bridgehead atoms. The lowest BCUT2D eigenvalue weighted by Gasteiger charge is -2.05. The number of nitrogens with two attached hydrogens (primary N) is 1. The molecule has 1 aromatic heterocycles. The Morgan fingerprint density at radius 1 is 1.18 bits per heavy atom. The predicted octanol–water partition coefficient (Wildman–Crippen LogP) is 2.80. The largest absolute Gasteiger partial charge is 0.328 e. The van der Waals surface area contributed by atoms with Crippen LogP contribution in [0.5, 0.6) is 0 Å². The lowest BCUT2D eigenvalue weighted by molar-refractivity contribution is 0.732. The SMILES string of the molecule is CC(N)Cc1cnc(-c2ccc(Br)cc2)nc1. The standard InChI is InChI=1S/C13H14BrN3/c1-9(15)6-10-7-16-13(17-8-10)11-2-4-12(14)5-3-11/h2-5,7-9H,6,15H2,1H3. The van der Waals surface area contributed by atoms with Gasteiger partial charge in [0.25, 0.3) is 0 Å². The molecule has 2 N–H and O–H groups in total. The van der Waals surface area contributed by atoms with E-state index in [9.17, 15) is 0 Å². The van der Waals surface area contributed by atoms with E-state index in [4.69, 9.17) is 5.73 Å².